The molecule has 0 heterocycles. The molecule has 0 bridgehead atoms. The summed E-state index contributed by atoms with van der Waals surface area (Å²) in [5.74, 6) is 1.06. The van der Waals surface area contributed by atoms with E-state index in [0.717, 1.165) is 0 Å². The Hall–Kier alpha value is -1.65. The fourth-order valence-corrected chi connectivity index (χ4v) is 2.09. The molecule has 0 spiro atoms. The van der Waals surface area contributed by atoms with Crippen LogP contribution in [0.2, 0.25) is 5.02 Å². The van der Waals surface area contributed by atoms with E-state index in [1.54, 1.807) is 24.3 Å². The SMILES string of the molecule is CSC(C)C(=O)Nc1ccccc1Oc1ccccc1Cl. The molecule has 1 N–H and O–H groups in total. The molecule has 2 rings (SSSR count). The number of hydrogen-bond acceptors (Lipinski definition) is 3. The molecule has 21 heavy (non-hydrogen) atoms. The fraction of sp³-hybridized carbons (Fsp3) is 0.188. The van der Waals surface area contributed by atoms with Crippen LogP contribution in [0.3, 0.4) is 0 Å². The lowest BCUT2D eigenvalue weighted by Gasteiger charge is -2.14. The van der Waals surface area contributed by atoms with Crippen molar-refractivity contribution in [3.05, 3.63) is 53.6 Å². The first-order chi connectivity index (χ1) is 10.1. The number of anilines is 1. The van der Waals surface area contributed by atoms with Crippen LogP contribution in [-0.4, -0.2) is 17.4 Å². The normalized spacial score (nSPS) is 11.8. The number of carbonyl (C=O) groups is 1. The molecule has 0 radical (unpaired) electrons. The molecule has 0 aromatic heterocycles. The molecule has 1 atom stereocenters. The van der Waals surface area contributed by atoms with Crippen LogP contribution >= 0.6 is 23.4 Å². The van der Waals surface area contributed by atoms with E-state index in [4.69, 9.17) is 16.3 Å². The predicted octanol–water partition coefficient (Wildman–Crippen LogP) is 4.82. The molecule has 0 saturated carbocycles. The number of amides is 1. The number of thioether (sulfide) groups is 1. The van der Waals surface area contributed by atoms with Crippen LogP contribution in [0.15, 0.2) is 48.5 Å². The highest BCUT2D eigenvalue weighted by Crippen LogP contribution is 2.33. The summed E-state index contributed by atoms with van der Waals surface area (Å²) in [4.78, 5) is 12.0. The summed E-state index contributed by atoms with van der Waals surface area (Å²) in [7, 11) is 0. The number of carbonyl (C=O) groups excluding carboxylic acids is 1. The van der Waals surface area contributed by atoms with E-state index in [2.05, 4.69) is 5.32 Å². The Kier molecular flexibility index (Phi) is 5.53. The van der Waals surface area contributed by atoms with Gasteiger partial charge in [-0.2, -0.15) is 11.8 Å². The average molecular weight is 322 g/mol. The Labute approximate surface area is 133 Å². The summed E-state index contributed by atoms with van der Waals surface area (Å²) >= 11 is 7.58. The number of nitrogens with one attached hydrogen (secondary N) is 1. The minimum absolute atomic E-state index is 0.0577. The summed E-state index contributed by atoms with van der Waals surface area (Å²) in [6.07, 6.45) is 1.90. The lowest BCUT2D eigenvalue weighted by molar-refractivity contribution is -0.115. The quantitative estimate of drug-likeness (QED) is 0.857. The van der Waals surface area contributed by atoms with Crippen LogP contribution in [0.5, 0.6) is 11.5 Å². The third-order valence-electron chi connectivity index (χ3n) is 2.92. The maximum Gasteiger partial charge on any atom is 0.237 e. The summed E-state index contributed by atoms with van der Waals surface area (Å²) in [5.41, 5.74) is 0.628. The number of ether oxygens (including phenoxy) is 1. The second-order valence-corrected chi connectivity index (χ2v) is 5.98. The van der Waals surface area contributed by atoms with Gasteiger partial charge in [-0.05, 0) is 37.4 Å². The number of halogens is 1. The zero-order chi connectivity index (χ0) is 15.2. The zero-order valence-electron chi connectivity index (χ0n) is 11.8. The Morgan fingerprint density at radius 3 is 2.43 bits per heavy atom. The van der Waals surface area contributed by atoms with Gasteiger partial charge in [-0.3, -0.25) is 4.79 Å². The van der Waals surface area contributed by atoms with E-state index in [1.807, 2.05) is 37.4 Å². The van der Waals surface area contributed by atoms with Crippen molar-refractivity contribution in [3.63, 3.8) is 0 Å². The highest BCUT2D eigenvalue weighted by molar-refractivity contribution is 7.99. The van der Waals surface area contributed by atoms with Crippen molar-refractivity contribution in [3.8, 4) is 11.5 Å². The van der Waals surface area contributed by atoms with Crippen LogP contribution in [0.4, 0.5) is 5.69 Å². The van der Waals surface area contributed by atoms with Gasteiger partial charge in [-0.25, -0.2) is 0 Å². The van der Waals surface area contributed by atoms with E-state index in [0.29, 0.717) is 22.2 Å². The summed E-state index contributed by atoms with van der Waals surface area (Å²) in [5, 5.41) is 3.27. The van der Waals surface area contributed by atoms with Crippen LogP contribution in [0, 0.1) is 0 Å². The van der Waals surface area contributed by atoms with Gasteiger partial charge in [-0.15, -0.1) is 0 Å². The van der Waals surface area contributed by atoms with E-state index in [-0.39, 0.29) is 11.2 Å². The highest BCUT2D eigenvalue weighted by atomic mass is 35.5. The van der Waals surface area contributed by atoms with Gasteiger partial charge in [0.15, 0.2) is 5.75 Å². The Bertz CT molecular complexity index is 633. The highest BCUT2D eigenvalue weighted by Gasteiger charge is 2.14. The summed E-state index contributed by atoms with van der Waals surface area (Å²) in [6, 6.07) is 14.5. The molecule has 0 aliphatic rings. The lowest BCUT2D eigenvalue weighted by atomic mass is 10.2. The second kappa shape index (κ2) is 7.38. The fourth-order valence-electron chi connectivity index (χ4n) is 1.65. The van der Waals surface area contributed by atoms with Crippen LogP contribution in [0.25, 0.3) is 0 Å². The molecule has 5 heteroatoms. The molecule has 3 nitrogen and oxygen atoms in total. The molecular weight excluding hydrogens is 306 g/mol. The van der Waals surface area contributed by atoms with Gasteiger partial charge >= 0.3 is 0 Å². The van der Waals surface area contributed by atoms with E-state index < -0.39 is 0 Å². The lowest BCUT2D eigenvalue weighted by Crippen LogP contribution is -2.22. The second-order valence-electron chi connectivity index (χ2n) is 4.40. The number of benzene rings is 2. The van der Waals surface area contributed by atoms with Crippen molar-refractivity contribution in [1.82, 2.24) is 0 Å². The van der Waals surface area contributed by atoms with Crippen molar-refractivity contribution < 1.29 is 9.53 Å². The van der Waals surface area contributed by atoms with Crippen molar-refractivity contribution in [1.29, 1.82) is 0 Å². The monoisotopic (exact) mass is 321 g/mol. The summed E-state index contributed by atoms with van der Waals surface area (Å²) in [6.45, 7) is 1.86. The van der Waals surface area contributed by atoms with Gasteiger partial charge in [0.1, 0.15) is 5.75 Å². The van der Waals surface area contributed by atoms with Crippen molar-refractivity contribution in [2.45, 2.75) is 12.2 Å². The number of hydrogen-bond donors (Lipinski definition) is 1. The van der Waals surface area contributed by atoms with Gasteiger partial charge in [0.25, 0.3) is 0 Å². The van der Waals surface area contributed by atoms with Crippen molar-refractivity contribution in [2.75, 3.05) is 11.6 Å². The Morgan fingerprint density at radius 2 is 1.76 bits per heavy atom. The van der Waals surface area contributed by atoms with Crippen LogP contribution in [-0.2, 0) is 4.79 Å². The maximum absolute atomic E-state index is 12.0. The summed E-state index contributed by atoms with van der Waals surface area (Å²) < 4.78 is 5.80. The van der Waals surface area contributed by atoms with Gasteiger partial charge in [0.2, 0.25) is 5.91 Å². The minimum Gasteiger partial charge on any atom is -0.454 e. The van der Waals surface area contributed by atoms with Gasteiger partial charge < -0.3 is 10.1 Å². The Balaban J connectivity index is 2.21. The first kappa shape index (κ1) is 15.7. The van der Waals surface area contributed by atoms with Crippen LogP contribution in [0.1, 0.15) is 6.92 Å². The first-order valence-corrected chi connectivity index (χ1v) is 8.13. The maximum atomic E-state index is 12.0. The molecule has 2 aromatic carbocycles. The number of rotatable bonds is 5. The molecule has 1 unspecified atom stereocenters. The zero-order valence-corrected chi connectivity index (χ0v) is 13.4. The molecule has 0 saturated heterocycles. The Morgan fingerprint density at radius 1 is 1.14 bits per heavy atom. The molecule has 0 fully saturated rings. The van der Waals surface area contributed by atoms with Gasteiger partial charge in [0, 0.05) is 0 Å². The third kappa shape index (κ3) is 4.16. The van der Waals surface area contributed by atoms with E-state index in [9.17, 15) is 4.79 Å². The molecule has 1 amide bonds. The predicted molar refractivity (Wildman–Crippen MR) is 89.6 cm³/mol. The van der Waals surface area contributed by atoms with E-state index in [1.165, 1.54) is 11.8 Å². The van der Waals surface area contributed by atoms with Crippen LogP contribution < -0.4 is 10.1 Å². The third-order valence-corrected chi connectivity index (χ3v) is 4.16. The molecule has 0 aliphatic carbocycles. The van der Waals surface area contributed by atoms with Gasteiger partial charge in [0.05, 0.1) is 16.0 Å². The molecule has 0 aliphatic heterocycles. The van der Waals surface area contributed by atoms with E-state index >= 15 is 0 Å². The average Bonchev–Trinajstić information content (AvgIpc) is 2.50. The first-order valence-electron chi connectivity index (χ1n) is 6.47. The topological polar surface area (TPSA) is 38.3 Å². The largest absolute Gasteiger partial charge is 0.454 e. The molecule has 110 valence electrons. The minimum atomic E-state index is -0.127. The standard InChI is InChI=1S/C16H16ClNO2S/c1-11(21-2)16(19)18-13-8-4-6-10-15(13)20-14-9-5-3-7-12(14)17/h3-11H,1-2H3,(H,18,19). The van der Waals surface area contributed by atoms with Gasteiger partial charge in [-0.1, -0.05) is 35.9 Å². The van der Waals surface area contributed by atoms with Crippen molar-refractivity contribution >= 4 is 35.0 Å². The van der Waals surface area contributed by atoms with Crippen molar-refractivity contribution in [2.24, 2.45) is 0 Å². The smallest absolute Gasteiger partial charge is 0.237 e. The molecule has 2 aromatic rings. The number of para-hydroxylation sites is 3. The molecular formula is C16H16ClNO2S.